The van der Waals surface area contributed by atoms with Crippen LogP contribution in [0, 0.1) is 5.41 Å². The molecule has 0 radical (unpaired) electrons. The van der Waals surface area contributed by atoms with Gasteiger partial charge in [-0.05, 0) is 31.9 Å². The summed E-state index contributed by atoms with van der Waals surface area (Å²) in [5.74, 6) is -0.0757. The highest BCUT2D eigenvalue weighted by atomic mass is 35.5. The first-order valence-electron chi connectivity index (χ1n) is 7.77. The van der Waals surface area contributed by atoms with Crippen molar-refractivity contribution in [3.05, 3.63) is 29.0 Å². The highest BCUT2D eigenvalue weighted by Gasteiger charge is 2.56. The van der Waals surface area contributed by atoms with Crippen LogP contribution in [0.2, 0.25) is 5.02 Å². The summed E-state index contributed by atoms with van der Waals surface area (Å²) in [5.41, 5.74) is 0.246. The van der Waals surface area contributed by atoms with Gasteiger partial charge in [-0.1, -0.05) is 11.6 Å². The van der Waals surface area contributed by atoms with E-state index in [1.54, 1.807) is 17.0 Å². The summed E-state index contributed by atoms with van der Waals surface area (Å²) in [6.45, 7) is 3.90. The van der Waals surface area contributed by atoms with Crippen molar-refractivity contribution in [2.45, 2.75) is 38.4 Å². The molecule has 2 atom stereocenters. The lowest BCUT2D eigenvalue weighted by Crippen LogP contribution is -2.62. The summed E-state index contributed by atoms with van der Waals surface area (Å²) >= 11 is 5.80. The zero-order valence-electron chi connectivity index (χ0n) is 12.7. The molecule has 2 fully saturated rings. The lowest BCUT2D eigenvalue weighted by atomic mass is 9.58. The van der Waals surface area contributed by atoms with E-state index >= 15 is 0 Å². The predicted octanol–water partition coefficient (Wildman–Crippen LogP) is 2.13. The average Bonchev–Trinajstić information content (AvgIpc) is 2.55. The number of rotatable bonds is 3. The SMILES string of the molecule is CCOC1CC(O)C12CCN(C(=O)c1ccc(Cl)cn1)CC2. The van der Waals surface area contributed by atoms with Gasteiger partial charge in [0.25, 0.3) is 5.91 Å². The van der Waals surface area contributed by atoms with E-state index in [0.29, 0.717) is 36.8 Å². The van der Waals surface area contributed by atoms with Gasteiger partial charge in [-0.3, -0.25) is 4.79 Å². The number of pyridine rings is 1. The zero-order chi connectivity index (χ0) is 15.7. The Bertz CT molecular complexity index is 539. The number of hydrogen-bond donors (Lipinski definition) is 1. The summed E-state index contributed by atoms with van der Waals surface area (Å²) in [6, 6.07) is 3.32. The first kappa shape index (κ1) is 15.7. The van der Waals surface area contributed by atoms with E-state index in [0.717, 1.165) is 12.8 Å². The summed E-state index contributed by atoms with van der Waals surface area (Å²) in [7, 11) is 0. The largest absolute Gasteiger partial charge is 0.392 e. The fraction of sp³-hybridized carbons (Fsp3) is 0.625. The molecule has 1 aliphatic heterocycles. The van der Waals surface area contributed by atoms with Crippen LogP contribution in [0.25, 0.3) is 0 Å². The second-order valence-electron chi connectivity index (χ2n) is 6.08. The van der Waals surface area contributed by atoms with Crippen LogP contribution < -0.4 is 0 Å². The van der Waals surface area contributed by atoms with Crippen molar-refractivity contribution in [1.29, 1.82) is 0 Å². The molecule has 1 amide bonds. The number of likely N-dealkylation sites (tertiary alicyclic amines) is 1. The standard InChI is InChI=1S/C16H21ClN2O3/c1-2-22-14-9-13(20)16(14)5-7-19(8-6-16)15(21)12-4-3-11(17)10-18-12/h3-4,10,13-14,20H,2,5-9H2,1H3. The van der Waals surface area contributed by atoms with Crippen molar-refractivity contribution < 1.29 is 14.6 Å². The normalized spacial score (nSPS) is 26.8. The summed E-state index contributed by atoms with van der Waals surface area (Å²) in [5, 5.41) is 10.7. The number of halogens is 1. The minimum absolute atomic E-state index is 0.0757. The maximum atomic E-state index is 12.4. The summed E-state index contributed by atoms with van der Waals surface area (Å²) in [4.78, 5) is 18.3. The second kappa shape index (κ2) is 6.14. The first-order valence-corrected chi connectivity index (χ1v) is 8.15. The lowest BCUT2D eigenvalue weighted by molar-refractivity contribution is -0.207. The number of amides is 1. The molecule has 6 heteroatoms. The van der Waals surface area contributed by atoms with Gasteiger partial charge in [-0.2, -0.15) is 0 Å². The first-order chi connectivity index (χ1) is 10.6. The molecule has 1 aromatic rings. The van der Waals surface area contributed by atoms with E-state index in [4.69, 9.17) is 16.3 Å². The molecule has 2 heterocycles. The van der Waals surface area contributed by atoms with Crippen LogP contribution in [-0.2, 0) is 4.74 Å². The third-order valence-electron chi connectivity index (χ3n) is 5.04. The molecule has 0 aromatic carbocycles. The predicted molar refractivity (Wildman–Crippen MR) is 82.9 cm³/mol. The molecule has 2 aliphatic rings. The van der Waals surface area contributed by atoms with Gasteiger partial charge in [-0.15, -0.1) is 0 Å². The van der Waals surface area contributed by atoms with Crippen LogP contribution in [0.5, 0.6) is 0 Å². The summed E-state index contributed by atoms with van der Waals surface area (Å²) < 4.78 is 5.74. The number of hydrogen-bond acceptors (Lipinski definition) is 4. The van der Waals surface area contributed by atoms with Crippen LogP contribution in [0.3, 0.4) is 0 Å². The van der Waals surface area contributed by atoms with Crippen molar-refractivity contribution in [3.8, 4) is 0 Å². The minimum atomic E-state index is -0.310. The number of carbonyl (C=O) groups is 1. The van der Waals surface area contributed by atoms with Crippen LogP contribution >= 0.6 is 11.6 Å². The molecule has 3 rings (SSSR count). The molecule has 1 aliphatic carbocycles. The number of piperidine rings is 1. The van der Waals surface area contributed by atoms with Gasteiger partial charge in [0.15, 0.2) is 0 Å². The fourth-order valence-electron chi connectivity index (χ4n) is 3.61. The Kier molecular flexibility index (Phi) is 4.39. The van der Waals surface area contributed by atoms with E-state index in [-0.39, 0.29) is 23.5 Å². The third kappa shape index (κ3) is 2.62. The van der Waals surface area contributed by atoms with Crippen LogP contribution in [0.1, 0.15) is 36.7 Å². The Labute approximate surface area is 135 Å². The maximum Gasteiger partial charge on any atom is 0.272 e. The molecule has 1 saturated heterocycles. The molecule has 1 spiro atoms. The number of aliphatic hydroxyl groups is 1. The fourth-order valence-corrected chi connectivity index (χ4v) is 3.72. The van der Waals surface area contributed by atoms with Gasteiger partial charge in [0.2, 0.25) is 0 Å². The van der Waals surface area contributed by atoms with Gasteiger partial charge in [0, 0.05) is 37.7 Å². The smallest absolute Gasteiger partial charge is 0.272 e. The maximum absolute atomic E-state index is 12.4. The van der Waals surface area contributed by atoms with Crippen molar-refractivity contribution in [2.24, 2.45) is 5.41 Å². The van der Waals surface area contributed by atoms with Crippen LogP contribution in [-0.4, -0.2) is 52.8 Å². The number of ether oxygens (including phenoxy) is 1. The molecule has 1 N–H and O–H groups in total. The molecular weight excluding hydrogens is 304 g/mol. The number of aliphatic hydroxyl groups excluding tert-OH is 1. The van der Waals surface area contributed by atoms with Gasteiger partial charge in [-0.25, -0.2) is 4.98 Å². The molecule has 2 unspecified atom stereocenters. The Morgan fingerprint density at radius 2 is 2.23 bits per heavy atom. The highest BCUT2D eigenvalue weighted by Crippen LogP contribution is 2.51. The van der Waals surface area contributed by atoms with E-state index in [2.05, 4.69) is 4.98 Å². The summed E-state index contributed by atoms with van der Waals surface area (Å²) in [6.07, 6.45) is 3.56. The molecule has 1 aromatic heterocycles. The zero-order valence-corrected chi connectivity index (χ0v) is 13.4. The molecule has 22 heavy (non-hydrogen) atoms. The Balaban J connectivity index is 1.64. The van der Waals surface area contributed by atoms with Crippen molar-refractivity contribution >= 4 is 17.5 Å². The quantitative estimate of drug-likeness (QED) is 0.925. The Morgan fingerprint density at radius 1 is 1.50 bits per heavy atom. The number of nitrogens with zero attached hydrogens (tertiary/aromatic N) is 2. The minimum Gasteiger partial charge on any atom is -0.392 e. The van der Waals surface area contributed by atoms with Gasteiger partial charge in [0.05, 0.1) is 17.2 Å². The molecule has 5 nitrogen and oxygen atoms in total. The molecule has 1 saturated carbocycles. The van der Waals surface area contributed by atoms with Gasteiger partial charge in [0.1, 0.15) is 5.69 Å². The van der Waals surface area contributed by atoms with E-state index in [1.807, 2.05) is 6.92 Å². The van der Waals surface area contributed by atoms with Gasteiger partial charge < -0.3 is 14.7 Å². The van der Waals surface area contributed by atoms with Crippen molar-refractivity contribution in [1.82, 2.24) is 9.88 Å². The number of carbonyl (C=O) groups excluding carboxylic acids is 1. The van der Waals surface area contributed by atoms with Crippen molar-refractivity contribution in [3.63, 3.8) is 0 Å². The lowest BCUT2D eigenvalue weighted by Gasteiger charge is -2.56. The highest BCUT2D eigenvalue weighted by molar-refractivity contribution is 6.30. The Morgan fingerprint density at radius 3 is 2.77 bits per heavy atom. The monoisotopic (exact) mass is 324 g/mol. The third-order valence-corrected chi connectivity index (χ3v) is 5.26. The Hall–Kier alpha value is -1.17. The van der Waals surface area contributed by atoms with Crippen molar-refractivity contribution in [2.75, 3.05) is 19.7 Å². The van der Waals surface area contributed by atoms with Crippen LogP contribution in [0.4, 0.5) is 0 Å². The molecular formula is C16H21ClN2O3. The van der Waals surface area contributed by atoms with E-state index < -0.39 is 0 Å². The van der Waals surface area contributed by atoms with E-state index in [1.165, 1.54) is 6.20 Å². The molecule has 0 bridgehead atoms. The van der Waals surface area contributed by atoms with Crippen LogP contribution in [0.15, 0.2) is 18.3 Å². The number of aromatic nitrogens is 1. The molecule has 120 valence electrons. The van der Waals surface area contributed by atoms with Gasteiger partial charge >= 0.3 is 0 Å². The topological polar surface area (TPSA) is 62.7 Å². The van der Waals surface area contributed by atoms with E-state index in [9.17, 15) is 9.90 Å². The average molecular weight is 325 g/mol. The second-order valence-corrected chi connectivity index (χ2v) is 6.52.